The van der Waals surface area contributed by atoms with Gasteiger partial charge >= 0.3 is 0 Å². The van der Waals surface area contributed by atoms with E-state index in [0.717, 1.165) is 4.90 Å². The van der Waals surface area contributed by atoms with Crippen molar-refractivity contribution in [3.63, 3.8) is 0 Å². The first-order valence-corrected chi connectivity index (χ1v) is 3.67. The molecule has 1 aliphatic rings. The van der Waals surface area contributed by atoms with Crippen LogP contribution in [0, 0.1) is 0 Å². The number of piperidine rings is 1. The number of likely N-dealkylation sites (tertiary alicyclic amines) is 1. The molecule has 1 rings (SSSR count). The van der Waals surface area contributed by atoms with Crippen LogP contribution in [0.4, 0.5) is 8.78 Å². The number of carbonyl (C=O) groups is 2. The quantitative estimate of drug-likeness (QED) is 0.430. The minimum Gasteiger partial charge on any atom is -0.330 e. The number of amides is 1. The summed E-state index contributed by atoms with van der Waals surface area (Å²) in [5.74, 6) is -3.67. The first-order valence-electron chi connectivity index (χ1n) is 3.67. The molecule has 0 aliphatic carbocycles. The van der Waals surface area contributed by atoms with Crippen LogP contribution in [0.25, 0.3) is 0 Å². The van der Waals surface area contributed by atoms with Gasteiger partial charge in [-0.05, 0) is 6.42 Å². The number of rotatable bonds is 1. The Kier molecular flexibility index (Phi) is 2.40. The van der Waals surface area contributed by atoms with Crippen molar-refractivity contribution >= 4 is 12.2 Å². The van der Waals surface area contributed by atoms with Crippen molar-refractivity contribution in [2.75, 3.05) is 13.1 Å². The van der Waals surface area contributed by atoms with Gasteiger partial charge in [0.05, 0.1) is 6.54 Å². The molecule has 0 N–H and O–H groups in total. The van der Waals surface area contributed by atoms with Gasteiger partial charge in [-0.25, -0.2) is 8.78 Å². The Morgan fingerprint density at radius 2 is 2.17 bits per heavy atom. The lowest BCUT2D eigenvalue weighted by Gasteiger charge is -2.30. The summed E-state index contributed by atoms with van der Waals surface area (Å²) in [5.41, 5.74) is 0. The summed E-state index contributed by atoms with van der Waals surface area (Å²) in [6.45, 7) is -0.363. The maximum absolute atomic E-state index is 12.6. The highest BCUT2D eigenvalue weighted by Crippen LogP contribution is 2.26. The average molecular weight is 177 g/mol. The normalized spacial score (nSPS) is 22.0. The molecule has 0 atom stereocenters. The molecule has 0 radical (unpaired) electrons. The molecule has 0 aromatic heterocycles. The molecule has 0 bridgehead atoms. The summed E-state index contributed by atoms with van der Waals surface area (Å²) in [7, 11) is 0. The van der Waals surface area contributed by atoms with Gasteiger partial charge in [-0.1, -0.05) is 0 Å². The standard InChI is InChI=1S/C7H9F2NO2/c8-7(9)2-1-3-10(5-7)6(12)4-11/h4H,1-3,5H2. The van der Waals surface area contributed by atoms with E-state index in [1.807, 2.05) is 0 Å². The third-order valence-electron chi connectivity index (χ3n) is 1.81. The SMILES string of the molecule is O=CC(=O)N1CCCC(F)(F)C1. The van der Waals surface area contributed by atoms with Gasteiger partial charge in [0.1, 0.15) is 0 Å². The van der Waals surface area contributed by atoms with Crippen molar-refractivity contribution in [3.8, 4) is 0 Å². The lowest BCUT2D eigenvalue weighted by Crippen LogP contribution is -2.46. The molecule has 5 heteroatoms. The van der Waals surface area contributed by atoms with E-state index in [0.29, 0.717) is 0 Å². The molecule has 68 valence electrons. The number of alkyl halides is 2. The summed E-state index contributed by atoms with van der Waals surface area (Å²) in [6, 6.07) is 0. The Bertz CT molecular complexity index is 206. The van der Waals surface area contributed by atoms with Crippen molar-refractivity contribution in [1.82, 2.24) is 4.90 Å². The van der Waals surface area contributed by atoms with E-state index in [1.165, 1.54) is 0 Å². The van der Waals surface area contributed by atoms with Crippen LogP contribution in [0.15, 0.2) is 0 Å². The lowest BCUT2D eigenvalue weighted by molar-refractivity contribution is -0.146. The van der Waals surface area contributed by atoms with Gasteiger partial charge < -0.3 is 4.90 Å². The highest BCUT2D eigenvalue weighted by atomic mass is 19.3. The van der Waals surface area contributed by atoms with Crippen LogP contribution in [-0.4, -0.2) is 36.1 Å². The topological polar surface area (TPSA) is 37.4 Å². The Morgan fingerprint density at radius 3 is 2.67 bits per heavy atom. The smallest absolute Gasteiger partial charge is 0.286 e. The fourth-order valence-corrected chi connectivity index (χ4v) is 1.23. The fraction of sp³-hybridized carbons (Fsp3) is 0.714. The Hall–Kier alpha value is -1.00. The third kappa shape index (κ3) is 1.99. The average Bonchev–Trinajstić information content (AvgIpc) is 2.01. The van der Waals surface area contributed by atoms with E-state index in [2.05, 4.69) is 0 Å². The second-order valence-electron chi connectivity index (χ2n) is 2.84. The van der Waals surface area contributed by atoms with Crippen molar-refractivity contribution < 1.29 is 18.4 Å². The van der Waals surface area contributed by atoms with Crippen molar-refractivity contribution in [3.05, 3.63) is 0 Å². The molecule has 1 aliphatic heterocycles. The van der Waals surface area contributed by atoms with Gasteiger partial charge in [-0.15, -0.1) is 0 Å². The van der Waals surface area contributed by atoms with Crippen LogP contribution in [0.1, 0.15) is 12.8 Å². The van der Waals surface area contributed by atoms with E-state index >= 15 is 0 Å². The molecule has 0 unspecified atom stereocenters. The van der Waals surface area contributed by atoms with Gasteiger partial charge in [-0.2, -0.15) is 0 Å². The highest BCUT2D eigenvalue weighted by Gasteiger charge is 2.36. The number of hydrogen-bond acceptors (Lipinski definition) is 2. The van der Waals surface area contributed by atoms with Gasteiger partial charge in [0, 0.05) is 13.0 Å². The van der Waals surface area contributed by atoms with E-state index in [9.17, 15) is 18.4 Å². The first kappa shape index (κ1) is 9.09. The van der Waals surface area contributed by atoms with E-state index in [-0.39, 0.29) is 25.7 Å². The summed E-state index contributed by atoms with van der Waals surface area (Å²) in [5, 5.41) is 0. The second kappa shape index (κ2) is 3.16. The minimum absolute atomic E-state index is 0.0708. The largest absolute Gasteiger partial charge is 0.330 e. The predicted molar refractivity (Wildman–Crippen MR) is 36.8 cm³/mol. The van der Waals surface area contributed by atoms with E-state index in [1.54, 1.807) is 0 Å². The Morgan fingerprint density at radius 1 is 1.50 bits per heavy atom. The first-order chi connectivity index (χ1) is 5.55. The molecule has 1 fully saturated rings. The molecule has 3 nitrogen and oxygen atoms in total. The monoisotopic (exact) mass is 177 g/mol. The van der Waals surface area contributed by atoms with Crippen LogP contribution in [0.3, 0.4) is 0 Å². The molecule has 1 amide bonds. The summed E-state index contributed by atoms with van der Waals surface area (Å²) in [4.78, 5) is 21.5. The van der Waals surface area contributed by atoms with Crippen LogP contribution in [0.2, 0.25) is 0 Å². The molecule has 0 aromatic rings. The van der Waals surface area contributed by atoms with Gasteiger partial charge in [0.15, 0.2) is 0 Å². The third-order valence-corrected chi connectivity index (χ3v) is 1.81. The molecule has 1 saturated heterocycles. The Balaban J connectivity index is 2.57. The Labute approximate surface area is 68.3 Å². The van der Waals surface area contributed by atoms with Crippen LogP contribution in [0.5, 0.6) is 0 Å². The second-order valence-corrected chi connectivity index (χ2v) is 2.84. The maximum Gasteiger partial charge on any atom is 0.286 e. The van der Waals surface area contributed by atoms with Crippen LogP contribution in [-0.2, 0) is 9.59 Å². The van der Waals surface area contributed by atoms with Gasteiger partial charge in [0.25, 0.3) is 11.8 Å². The summed E-state index contributed by atoms with van der Waals surface area (Å²) < 4.78 is 25.3. The van der Waals surface area contributed by atoms with Crippen LogP contribution >= 0.6 is 0 Å². The van der Waals surface area contributed by atoms with Gasteiger partial charge in [0.2, 0.25) is 6.29 Å². The molecule has 0 saturated carbocycles. The molecule has 1 heterocycles. The van der Waals surface area contributed by atoms with Crippen molar-refractivity contribution in [2.24, 2.45) is 0 Å². The van der Waals surface area contributed by atoms with Gasteiger partial charge in [-0.3, -0.25) is 9.59 Å². The highest BCUT2D eigenvalue weighted by molar-refractivity contribution is 6.23. The fourth-order valence-electron chi connectivity index (χ4n) is 1.23. The zero-order valence-corrected chi connectivity index (χ0v) is 6.43. The molecular formula is C7H9F2NO2. The number of aldehydes is 1. The number of halogens is 2. The molecule has 12 heavy (non-hydrogen) atoms. The lowest BCUT2D eigenvalue weighted by atomic mass is 10.1. The molecular weight excluding hydrogens is 168 g/mol. The van der Waals surface area contributed by atoms with E-state index in [4.69, 9.17) is 0 Å². The van der Waals surface area contributed by atoms with Crippen molar-refractivity contribution in [1.29, 1.82) is 0 Å². The molecule has 0 spiro atoms. The minimum atomic E-state index is -2.82. The van der Waals surface area contributed by atoms with Crippen molar-refractivity contribution in [2.45, 2.75) is 18.8 Å². The zero-order valence-electron chi connectivity index (χ0n) is 6.43. The van der Waals surface area contributed by atoms with Crippen LogP contribution < -0.4 is 0 Å². The summed E-state index contributed by atoms with van der Waals surface area (Å²) >= 11 is 0. The maximum atomic E-state index is 12.6. The van der Waals surface area contributed by atoms with E-state index < -0.39 is 18.4 Å². The molecule has 0 aromatic carbocycles. The number of hydrogen-bond donors (Lipinski definition) is 0. The number of nitrogens with zero attached hydrogens (tertiary/aromatic N) is 1. The predicted octanol–water partition coefficient (Wildman–Crippen LogP) is 0.443. The number of carbonyl (C=O) groups excluding carboxylic acids is 2. The summed E-state index contributed by atoms with van der Waals surface area (Å²) in [6.07, 6.45) is 0.129. The zero-order chi connectivity index (χ0) is 9.19.